The predicted molar refractivity (Wildman–Crippen MR) is 78.3 cm³/mol. The molecule has 0 radical (unpaired) electrons. The second kappa shape index (κ2) is 6.05. The second-order valence-electron chi connectivity index (χ2n) is 4.07. The molecule has 2 aromatic carbocycles. The van der Waals surface area contributed by atoms with Crippen molar-refractivity contribution in [2.45, 2.75) is 0 Å². The van der Waals surface area contributed by atoms with E-state index < -0.39 is 5.97 Å². The standard InChI is InChI=1S/C16H10ClNO2/c17-15-4-2-1-3-13(15)9-14(10-18)11-5-7-12(8-6-11)16(19)20/h1-9H,(H,19,20). The molecule has 0 heterocycles. The van der Waals surface area contributed by atoms with Gasteiger partial charge in [0.1, 0.15) is 0 Å². The molecule has 0 bridgehead atoms. The Hall–Kier alpha value is -2.57. The van der Waals surface area contributed by atoms with E-state index >= 15 is 0 Å². The molecule has 1 N–H and O–H groups in total. The number of carboxylic acid groups (broad SMARTS) is 1. The summed E-state index contributed by atoms with van der Waals surface area (Å²) in [7, 11) is 0. The van der Waals surface area contributed by atoms with Crippen LogP contribution in [0.5, 0.6) is 0 Å². The molecule has 4 heteroatoms. The molecule has 0 saturated heterocycles. The molecule has 0 amide bonds. The number of nitrogens with zero attached hydrogens (tertiary/aromatic N) is 1. The van der Waals surface area contributed by atoms with Crippen molar-refractivity contribution < 1.29 is 9.90 Å². The molecule has 2 rings (SSSR count). The van der Waals surface area contributed by atoms with E-state index in [0.717, 1.165) is 5.56 Å². The van der Waals surface area contributed by atoms with Gasteiger partial charge in [0.15, 0.2) is 0 Å². The van der Waals surface area contributed by atoms with Crippen molar-refractivity contribution in [2.75, 3.05) is 0 Å². The molecular formula is C16H10ClNO2. The number of carboxylic acids is 1. The van der Waals surface area contributed by atoms with Gasteiger partial charge in [-0.3, -0.25) is 0 Å². The molecule has 0 fully saturated rings. The van der Waals surface area contributed by atoms with Crippen molar-refractivity contribution in [3.63, 3.8) is 0 Å². The lowest BCUT2D eigenvalue weighted by Crippen LogP contribution is -1.95. The van der Waals surface area contributed by atoms with Crippen molar-refractivity contribution in [1.82, 2.24) is 0 Å². The van der Waals surface area contributed by atoms with Crippen molar-refractivity contribution in [1.29, 1.82) is 5.26 Å². The van der Waals surface area contributed by atoms with E-state index in [0.29, 0.717) is 16.2 Å². The van der Waals surface area contributed by atoms with E-state index in [2.05, 4.69) is 6.07 Å². The number of nitriles is 1. The van der Waals surface area contributed by atoms with E-state index in [1.165, 1.54) is 12.1 Å². The summed E-state index contributed by atoms with van der Waals surface area (Å²) in [4.78, 5) is 10.8. The number of hydrogen-bond acceptors (Lipinski definition) is 2. The van der Waals surface area contributed by atoms with E-state index in [4.69, 9.17) is 16.7 Å². The number of halogens is 1. The topological polar surface area (TPSA) is 61.1 Å². The Balaban J connectivity index is 2.41. The maximum absolute atomic E-state index is 10.8. The Morgan fingerprint density at radius 1 is 1.10 bits per heavy atom. The minimum atomic E-state index is -0.995. The lowest BCUT2D eigenvalue weighted by molar-refractivity contribution is 0.0697. The van der Waals surface area contributed by atoms with Crippen LogP contribution in [0.15, 0.2) is 48.5 Å². The largest absolute Gasteiger partial charge is 0.478 e. The third-order valence-electron chi connectivity index (χ3n) is 2.77. The van der Waals surface area contributed by atoms with Gasteiger partial charge in [0.25, 0.3) is 0 Å². The first kappa shape index (κ1) is 13.9. The first-order valence-corrected chi connectivity index (χ1v) is 6.19. The zero-order valence-electron chi connectivity index (χ0n) is 10.4. The van der Waals surface area contributed by atoms with Crippen LogP contribution in [-0.2, 0) is 0 Å². The van der Waals surface area contributed by atoms with Crippen LogP contribution in [-0.4, -0.2) is 11.1 Å². The molecule has 0 spiro atoms. The molecule has 0 atom stereocenters. The first-order valence-electron chi connectivity index (χ1n) is 5.82. The summed E-state index contributed by atoms with van der Waals surface area (Å²) >= 11 is 6.05. The highest BCUT2D eigenvalue weighted by molar-refractivity contribution is 6.32. The Morgan fingerprint density at radius 2 is 1.70 bits per heavy atom. The monoisotopic (exact) mass is 283 g/mol. The zero-order valence-corrected chi connectivity index (χ0v) is 11.1. The van der Waals surface area contributed by atoms with Crippen molar-refractivity contribution >= 4 is 29.2 Å². The van der Waals surface area contributed by atoms with Gasteiger partial charge in [-0.15, -0.1) is 0 Å². The SMILES string of the molecule is N#CC(=Cc1ccccc1Cl)c1ccc(C(=O)O)cc1. The summed E-state index contributed by atoms with van der Waals surface area (Å²) in [5.74, 6) is -0.995. The summed E-state index contributed by atoms with van der Waals surface area (Å²) in [5, 5.41) is 18.6. The summed E-state index contributed by atoms with van der Waals surface area (Å²) < 4.78 is 0. The number of carbonyl (C=O) groups is 1. The minimum Gasteiger partial charge on any atom is -0.478 e. The molecular weight excluding hydrogens is 274 g/mol. The van der Waals surface area contributed by atoms with Gasteiger partial charge in [-0.05, 0) is 35.4 Å². The van der Waals surface area contributed by atoms with Gasteiger partial charge in [-0.2, -0.15) is 5.26 Å². The van der Waals surface area contributed by atoms with Crippen LogP contribution >= 0.6 is 11.6 Å². The van der Waals surface area contributed by atoms with Crippen LogP contribution in [0.4, 0.5) is 0 Å². The van der Waals surface area contributed by atoms with E-state index in [9.17, 15) is 10.1 Å². The van der Waals surface area contributed by atoms with Gasteiger partial charge < -0.3 is 5.11 Å². The van der Waals surface area contributed by atoms with E-state index in [1.807, 2.05) is 18.2 Å². The van der Waals surface area contributed by atoms with E-state index in [1.54, 1.807) is 24.3 Å². The smallest absolute Gasteiger partial charge is 0.335 e. The van der Waals surface area contributed by atoms with Crippen LogP contribution < -0.4 is 0 Å². The molecule has 0 aliphatic carbocycles. The molecule has 20 heavy (non-hydrogen) atoms. The molecule has 0 aliphatic heterocycles. The Labute approximate surface area is 121 Å². The fourth-order valence-electron chi connectivity index (χ4n) is 1.72. The molecule has 0 aromatic heterocycles. The molecule has 3 nitrogen and oxygen atoms in total. The second-order valence-corrected chi connectivity index (χ2v) is 4.48. The number of hydrogen-bond donors (Lipinski definition) is 1. The number of benzene rings is 2. The van der Waals surface area contributed by atoms with Crippen molar-refractivity contribution in [3.05, 3.63) is 70.2 Å². The summed E-state index contributed by atoms with van der Waals surface area (Å²) in [6, 6.07) is 15.4. The number of allylic oxidation sites excluding steroid dienone is 1. The van der Waals surface area contributed by atoms with Crippen LogP contribution in [0, 0.1) is 11.3 Å². The van der Waals surface area contributed by atoms with Crippen LogP contribution in [0.3, 0.4) is 0 Å². The zero-order chi connectivity index (χ0) is 14.5. The number of rotatable bonds is 3. The van der Waals surface area contributed by atoms with Gasteiger partial charge in [0.2, 0.25) is 0 Å². The lowest BCUT2D eigenvalue weighted by atomic mass is 10.0. The van der Waals surface area contributed by atoms with Gasteiger partial charge in [0, 0.05) is 5.02 Å². The van der Waals surface area contributed by atoms with Crippen LogP contribution in [0.2, 0.25) is 5.02 Å². The highest BCUT2D eigenvalue weighted by Gasteiger charge is 2.06. The first-order chi connectivity index (χ1) is 9.61. The summed E-state index contributed by atoms with van der Waals surface area (Å²) in [6.07, 6.45) is 1.68. The van der Waals surface area contributed by atoms with Crippen LogP contribution in [0.1, 0.15) is 21.5 Å². The van der Waals surface area contributed by atoms with Crippen molar-refractivity contribution in [3.8, 4) is 6.07 Å². The molecule has 98 valence electrons. The summed E-state index contributed by atoms with van der Waals surface area (Å²) in [6.45, 7) is 0. The normalized spacial score (nSPS) is 10.9. The van der Waals surface area contributed by atoms with Crippen molar-refractivity contribution in [2.24, 2.45) is 0 Å². The Kier molecular flexibility index (Phi) is 4.19. The van der Waals surface area contributed by atoms with Gasteiger partial charge >= 0.3 is 5.97 Å². The third-order valence-corrected chi connectivity index (χ3v) is 3.11. The third kappa shape index (κ3) is 3.05. The lowest BCUT2D eigenvalue weighted by Gasteiger charge is -2.02. The predicted octanol–water partition coefficient (Wildman–Crippen LogP) is 4.10. The average Bonchev–Trinajstić information content (AvgIpc) is 2.46. The average molecular weight is 284 g/mol. The fraction of sp³-hybridized carbons (Fsp3) is 0. The molecule has 2 aromatic rings. The number of aromatic carboxylic acids is 1. The fourth-order valence-corrected chi connectivity index (χ4v) is 1.91. The highest BCUT2D eigenvalue weighted by atomic mass is 35.5. The minimum absolute atomic E-state index is 0.184. The van der Waals surface area contributed by atoms with Crippen LogP contribution in [0.25, 0.3) is 11.6 Å². The summed E-state index contributed by atoms with van der Waals surface area (Å²) in [5.41, 5.74) is 2.00. The molecule has 0 saturated carbocycles. The Morgan fingerprint density at radius 3 is 2.25 bits per heavy atom. The Bertz CT molecular complexity index is 712. The highest BCUT2D eigenvalue weighted by Crippen LogP contribution is 2.23. The van der Waals surface area contributed by atoms with Gasteiger partial charge in [-0.1, -0.05) is 41.9 Å². The quantitative estimate of drug-likeness (QED) is 0.681. The maximum Gasteiger partial charge on any atom is 0.335 e. The van der Waals surface area contributed by atoms with E-state index in [-0.39, 0.29) is 5.56 Å². The van der Waals surface area contributed by atoms with Gasteiger partial charge in [-0.25, -0.2) is 4.79 Å². The van der Waals surface area contributed by atoms with Gasteiger partial charge in [0.05, 0.1) is 17.2 Å². The molecule has 0 unspecified atom stereocenters. The maximum atomic E-state index is 10.8. The molecule has 0 aliphatic rings.